The predicted octanol–water partition coefficient (Wildman–Crippen LogP) is 3.52. The lowest BCUT2D eigenvalue weighted by Crippen LogP contribution is -2.31. The molecule has 1 aromatic heterocycles. The molecule has 0 saturated heterocycles. The van der Waals surface area contributed by atoms with Crippen molar-refractivity contribution < 1.29 is 13.9 Å². The third kappa shape index (κ3) is 4.62. The van der Waals surface area contributed by atoms with E-state index in [9.17, 15) is 9.18 Å². The molecular weight excluding hydrogens is 371 g/mol. The molecule has 0 unspecified atom stereocenters. The van der Waals surface area contributed by atoms with Crippen LogP contribution < -0.4 is 4.74 Å². The summed E-state index contributed by atoms with van der Waals surface area (Å²) in [6.45, 7) is 2.42. The van der Waals surface area contributed by atoms with Gasteiger partial charge >= 0.3 is 0 Å². The molecule has 1 amide bonds. The first-order valence-electron chi connectivity index (χ1n) is 8.27. The Hall–Kier alpha value is -2.93. The molecule has 0 atom stereocenters. The molecule has 3 rings (SSSR count). The number of hydrogen-bond acceptors (Lipinski definition) is 4. The van der Waals surface area contributed by atoms with Gasteiger partial charge in [-0.2, -0.15) is 0 Å². The topological polar surface area (TPSA) is 60.3 Å². The molecule has 8 heteroatoms. The average Bonchev–Trinajstić information content (AvgIpc) is 3.05. The van der Waals surface area contributed by atoms with Crippen LogP contribution in [0.3, 0.4) is 0 Å². The molecule has 27 heavy (non-hydrogen) atoms. The monoisotopic (exact) mass is 388 g/mol. The molecule has 3 aromatic rings. The molecule has 140 valence electrons. The maximum absolute atomic E-state index is 13.1. The van der Waals surface area contributed by atoms with Crippen molar-refractivity contribution in [1.29, 1.82) is 0 Å². The molecule has 0 aliphatic heterocycles. The third-order valence-corrected chi connectivity index (χ3v) is 4.14. The van der Waals surface area contributed by atoms with E-state index in [-0.39, 0.29) is 17.5 Å². The van der Waals surface area contributed by atoms with Crippen molar-refractivity contribution in [3.05, 3.63) is 71.0 Å². The van der Waals surface area contributed by atoms with E-state index in [2.05, 4.69) is 10.1 Å². The van der Waals surface area contributed by atoms with Crippen LogP contribution in [0, 0.1) is 12.7 Å². The number of ether oxygens (including phenoxy) is 1. The van der Waals surface area contributed by atoms with E-state index in [4.69, 9.17) is 16.3 Å². The van der Waals surface area contributed by atoms with Gasteiger partial charge in [-0.15, -0.1) is 5.10 Å². The standard InChI is InChI=1S/C19H18ClFN4O2/c1-13-22-18(23-25(13)16-7-5-15(21)6-8-16)19(26)24(2)11-12-27-17-9-3-14(20)4-10-17/h3-10H,11-12H2,1-2H3. The molecule has 0 saturated carbocycles. The van der Waals surface area contributed by atoms with Gasteiger partial charge in [0.15, 0.2) is 0 Å². The average molecular weight is 389 g/mol. The summed E-state index contributed by atoms with van der Waals surface area (Å²) in [5.74, 6) is 0.628. The quantitative estimate of drug-likeness (QED) is 0.648. The van der Waals surface area contributed by atoms with Crippen LogP contribution in [-0.4, -0.2) is 45.8 Å². The summed E-state index contributed by atoms with van der Waals surface area (Å²) in [7, 11) is 1.65. The minimum Gasteiger partial charge on any atom is -0.492 e. The molecule has 1 heterocycles. The van der Waals surface area contributed by atoms with Crippen LogP contribution in [-0.2, 0) is 0 Å². The number of hydrogen-bond donors (Lipinski definition) is 0. The molecule has 0 bridgehead atoms. The zero-order valence-electron chi connectivity index (χ0n) is 14.9. The highest BCUT2D eigenvalue weighted by Crippen LogP contribution is 2.15. The van der Waals surface area contributed by atoms with E-state index in [1.54, 1.807) is 50.4 Å². The summed E-state index contributed by atoms with van der Waals surface area (Å²) >= 11 is 5.83. The zero-order chi connectivity index (χ0) is 19.4. The number of carbonyl (C=O) groups is 1. The zero-order valence-corrected chi connectivity index (χ0v) is 15.7. The van der Waals surface area contributed by atoms with E-state index in [1.165, 1.54) is 21.7 Å². The lowest BCUT2D eigenvalue weighted by atomic mass is 10.3. The number of aryl methyl sites for hydroxylation is 1. The molecule has 2 aromatic carbocycles. The summed E-state index contributed by atoms with van der Waals surface area (Å²) in [6, 6.07) is 12.8. The molecule has 0 radical (unpaired) electrons. The normalized spacial score (nSPS) is 10.7. The summed E-state index contributed by atoms with van der Waals surface area (Å²) < 4.78 is 20.2. The van der Waals surface area contributed by atoms with E-state index in [0.29, 0.717) is 35.4 Å². The van der Waals surface area contributed by atoms with Crippen LogP contribution in [0.2, 0.25) is 5.02 Å². The van der Waals surface area contributed by atoms with Gasteiger partial charge in [-0.3, -0.25) is 4.79 Å². The second-order valence-electron chi connectivity index (χ2n) is 5.90. The second kappa shape index (κ2) is 8.18. The number of likely N-dealkylation sites (N-methyl/N-ethyl adjacent to an activating group) is 1. The van der Waals surface area contributed by atoms with Gasteiger partial charge in [-0.25, -0.2) is 14.1 Å². The fourth-order valence-electron chi connectivity index (χ4n) is 2.41. The molecule has 0 aliphatic carbocycles. The third-order valence-electron chi connectivity index (χ3n) is 3.89. The Morgan fingerprint density at radius 3 is 2.52 bits per heavy atom. The van der Waals surface area contributed by atoms with Gasteiger partial charge in [0.2, 0.25) is 5.82 Å². The first-order valence-corrected chi connectivity index (χ1v) is 8.65. The highest BCUT2D eigenvalue weighted by atomic mass is 35.5. The van der Waals surface area contributed by atoms with Gasteiger partial charge in [0.25, 0.3) is 5.91 Å². The summed E-state index contributed by atoms with van der Waals surface area (Å²) in [4.78, 5) is 18.2. The van der Waals surface area contributed by atoms with Gasteiger partial charge in [0.1, 0.15) is 24.0 Å². The van der Waals surface area contributed by atoms with Gasteiger partial charge in [-0.1, -0.05) is 11.6 Å². The van der Waals surface area contributed by atoms with E-state index in [0.717, 1.165) is 0 Å². The van der Waals surface area contributed by atoms with Crippen LogP contribution in [0.4, 0.5) is 4.39 Å². The van der Waals surface area contributed by atoms with Crippen molar-refractivity contribution in [2.75, 3.05) is 20.2 Å². The maximum atomic E-state index is 13.1. The van der Waals surface area contributed by atoms with E-state index < -0.39 is 0 Å². The Morgan fingerprint density at radius 2 is 1.85 bits per heavy atom. The fourth-order valence-corrected chi connectivity index (χ4v) is 2.54. The van der Waals surface area contributed by atoms with Crippen LogP contribution in [0.5, 0.6) is 5.75 Å². The highest BCUT2D eigenvalue weighted by molar-refractivity contribution is 6.30. The van der Waals surface area contributed by atoms with Crippen LogP contribution in [0.25, 0.3) is 5.69 Å². The molecule has 0 N–H and O–H groups in total. The number of carbonyl (C=O) groups excluding carboxylic acids is 1. The number of amides is 1. The summed E-state index contributed by atoms with van der Waals surface area (Å²) in [5, 5.41) is 4.88. The number of rotatable bonds is 6. The lowest BCUT2D eigenvalue weighted by Gasteiger charge is -2.15. The highest BCUT2D eigenvalue weighted by Gasteiger charge is 2.19. The summed E-state index contributed by atoms with van der Waals surface area (Å²) in [6.07, 6.45) is 0. The van der Waals surface area contributed by atoms with Crippen molar-refractivity contribution in [1.82, 2.24) is 19.7 Å². The Morgan fingerprint density at radius 1 is 1.19 bits per heavy atom. The van der Waals surface area contributed by atoms with Crippen LogP contribution >= 0.6 is 11.6 Å². The van der Waals surface area contributed by atoms with Gasteiger partial charge in [-0.05, 0) is 55.5 Å². The smallest absolute Gasteiger partial charge is 0.293 e. The molecular formula is C19H18ClFN4O2. The Bertz CT molecular complexity index is 926. The predicted molar refractivity (Wildman–Crippen MR) is 100.0 cm³/mol. The van der Waals surface area contributed by atoms with E-state index >= 15 is 0 Å². The van der Waals surface area contributed by atoms with E-state index in [1.807, 2.05) is 0 Å². The first kappa shape index (κ1) is 18.8. The van der Waals surface area contributed by atoms with Crippen LogP contribution in [0.15, 0.2) is 48.5 Å². The number of halogens is 2. The Labute approximate surface area is 161 Å². The van der Waals surface area contributed by atoms with Crippen molar-refractivity contribution >= 4 is 17.5 Å². The second-order valence-corrected chi connectivity index (χ2v) is 6.34. The Balaban J connectivity index is 1.62. The molecule has 6 nitrogen and oxygen atoms in total. The first-order chi connectivity index (χ1) is 12.9. The lowest BCUT2D eigenvalue weighted by molar-refractivity contribution is 0.0762. The SMILES string of the molecule is Cc1nc(C(=O)N(C)CCOc2ccc(Cl)cc2)nn1-c1ccc(F)cc1. The van der Waals surface area contributed by atoms with Crippen LogP contribution in [0.1, 0.15) is 16.4 Å². The molecule has 0 aliphatic rings. The fraction of sp³-hybridized carbons (Fsp3) is 0.211. The molecule has 0 spiro atoms. The van der Waals surface area contributed by atoms with Crippen molar-refractivity contribution in [2.45, 2.75) is 6.92 Å². The number of benzene rings is 2. The summed E-state index contributed by atoms with van der Waals surface area (Å²) in [5.41, 5.74) is 0.633. The van der Waals surface area contributed by atoms with Gasteiger partial charge in [0, 0.05) is 12.1 Å². The minimum absolute atomic E-state index is 0.0748. The maximum Gasteiger partial charge on any atom is 0.293 e. The van der Waals surface area contributed by atoms with Crippen molar-refractivity contribution in [2.24, 2.45) is 0 Å². The molecule has 0 fully saturated rings. The number of nitrogens with zero attached hydrogens (tertiary/aromatic N) is 4. The number of aromatic nitrogens is 3. The Kier molecular flexibility index (Phi) is 5.71. The minimum atomic E-state index is -0.340. The van der Waals surface area contributed by atoms with Gasteiger partial charge in [0.05, 0.1) is 12.2 Å². The van der Waals surface area contributed by atoms with Gasteiger partial charge < -0.3 is 9.64 Å². The van der Waals surface area contributed by atoms with Crippen molar-refractivity contribution in [3.8, 4) is 11.4 Å². The largest absolute Gasteiger partial charge is 0.492 e. The van der Waals surface area contributed by atoms with Crippen molar-refractivity contribution in [3.63, 3.8) is 0 Å².